The minimum absolute atomic E-state index is 0.178. The quantitative estimate of drug-likeness (QED) is 0.784. The normalized spacial score (nSPS) is 11.8. The van der Waals surface area contributed by atoms with E-state index in [9.17, 15) is 0 Å². The first-order valence-electron chi connectivity index (χ1n) is 7.72. The summed E-state index contributed by atoms with van der Waals surface area (Å²) in [7, 11) is 0. The Morgan fingerprint density at radius 2 is 1.64 bits per heavy atom. The average molecular weight is 312 g/mol. The monoisotopic (exact) mass is 312 g/mol. The van der Waals surface area contributed by atoms with Gasteiger partial charge in [0.05, 0.1) is 6.04 Å². The van der Waals surface area contributed by atoms with E-state index in [2.05, 4.69) is 80.8 Å². The van der Waals surface area contributed by atoms with Gasteiger partial charge in [-0.25, -0.2) is 0 Å². The second-order valence-corrected chi connectivity index (χ2v) is 6.20. The summed E-state index contributed by atoms with van der Waals surface area (Å²) in [4.78, 5) is 0. The first kappa shape index (κ1) is 16.5. The van der Waals surface area contributed by atoms with E-state index in [1.807, 2.05) is 0 Å². The molecule has 2 N–H and O–H groups in total. The predicted octanol–water partition coefficient (Wildman–Crippen LogP) is 4.91. The van der Waals surface area contributed by atoms with E-state index in [0.717, 1.165) is 12.1 Å². The molecule has 1 atom stereocenters. The molecule has 22 heavy (non-hydrogen) atoms. The summed E-state index contributed by atoms with van der Waals surface area (Å²) in [5.41, 5.74) is 6.08. The lowest BCUT2D eigenvalue weighted by Gasteiger charge is -2.18. The highest BCUT2D eigenvalue weighted by atomic mass is 32.1. The molecule has 0 aliphatic carbocycles. The van der Waals surface area contributed by atoms with Gasteiger partial charge in [0, 0.05) is 5.69 Å². The van der Waals surface area contributed by atoms with Crippen LogP contribution in [0.4, 0.5) is 5.69 Å². The summed E-state index contributed by atoms with van der Waals surface area (Å²) in [6, 6.07) is 15.2. The minimum Gasteiger partial charge on any atom is -0.356 e. The van der Waals surface area contributed by atoms with Crippen molar-refractivity contribution in [2.45, 2.75) is 40.2 Å². The molecule has 0 amide bonds. The van der Waals surface area contributed by atoms with E-state index >= 15 is 0 Å². The average Bonchev–Trinajstić information content (AvgIpc) is 2.46. The third-order valence-electron chi connectivity index (χ3n) is 3.72. The Labute approximate surface area is 139 Å². The Kier molecular flexibility index (Phi) is 5.56. The number of aryl methyl sites for hydroxylation is 3. The Morgan fingerprint density at radius 3 is 2.18 bits per heavy atom. The molecule has 2 nitrogen and oxygen atoms in total. The van der Waals surface area contributed by atoms with Crippen LogP contribution in [0.15, 0.2) is 42.5 Å². The first-order chi connectivity index (χ1) is 10.5. The van der Waals surface area contributed by atoms with E-state index in [1.165, 1.54) is 22.3 Å². The largest absolute Gasteiger partial charge is 0.356 e. The summed E-state index contributed by atoms with van der Waals surface area (Å²) in [6.45, 7) is 8.47. The predicted molar refractivity (Wildman–Crippen MR) is 99.5 cm³/mol. The van der Waals surface area contributed by atoms with Crippen LogP contribution in [0.25, 0.3) is 0 Å². The zero-order valence-corrected chi connectivity index (χ0v) is 14.6. The van der Waals surface area contributed by atoms with Gasteiger partial charge in [-0.05, 0) is 73.8 Å². The van der Waals surface area contributed by atoms with E-state index in [4.69, 9.17) is 12.2 Å². The van der Waals surface area contributed by atoms with Crippen molar-refractivity contribution in [3.05, 3.63) is 64.7 Å². The maximum atomic E-state index is 5.43. The molecule has 0 aromatic heterocycles. The van der Waals surface area contributed by atoms with Gasteiger partial charge in [0.25, 0.3) is 0 Å². The zero-order chi connectivity index (χ0) is 16.1. The Morgan fingerprint density at radius 1 is 1.05 bits per heavy atom. The lowest BCUT2D eigenvalue weighted by Crippen LogP contribution is -2.30. The lowest BCUT2D eigenvalue weighted by atomic mass is 10.1. The molecule has 2 rings (SSSR count). The topological polar surface area (TPSA) is 24.1 Å². The van der Waals surface area contributed by atoms with Gasteiger partial charge < -0.3 is 10.6 Å². The molecule has 0 spiro atoms. The Hall–Kier alpha value is -1.87. The van der Waals surface area contributed by atoms with E-state index in [0.29, 0.717) is 5.11 Å². The van der Waals surface area contributed by atoms with Crippen molar-refractivity contribution in [1.82, 2.24) is 5.32 Å². The van der Waals surface area contributed by atoms with Crippen LogP contribution in [0, 0.1) is 13.8 Å². The minimum atomic E-state index is 0.178. The van der Waals surface area contributed by atoms with Gasteiger partial charge in [0.1, 0.15) is 0 Å². The van der Waals surface area contributed by atoms with Gasteiger partial charge in [-0.3, -0.25) is 0 Å². The van der Waals surface area contributed by atoms with Crippen LogP contribution in [0.3, 0.4) is 0 Å². The fourth-order valence-corrected chi connectivity index (χ4v) is 2.83. The van der Waals surface area contributed by atoms with E-state index < -0.39 is 0 Å². The Bertz CT molecular complexity index is 627. The van der Waals surface area contributed by atoms with Crippen LogP contribution in [-0.4, -0.2) is 5.11 Å². The van der Waals surface area contributed by atoms with Crippen molar-refractivity contribution < 1.29 is 0 Å². The maximum Gasteiger partial charge on any atom is 0.171 e. The molecule has 0 saturated heterocycles. The summed E-state index contributed by atoms with van der Waals surface area (Å²) in [6.07, 6.45) is 1.06. The third kappa shape index (κ3) is 4.57. The van der Waals surface area contributed by atoms with Gasteiger partial charge in [0.2, 0.25) is 0 Å². The molecule has 1 unspecified atom stereocenters. The number of hydrogen-bond donors (Lipinski definition) is 2. The fraction of sp³-hybridized carbons (Fsp3) is 0.316. The third-order valence-corrected chi connectivity index (χ3v) is 3.94. The smallest absolute Gasteiger partial charge is 0.171 e. The van der Waals surface area contributed by atoms with Gasteiger partial charge in [-0.1, -0.05) is 37.3 Å². The molecule has 2 aromatic rings. The lowest BCUT2D eigenvalue weighted by molar-refractivity contribution is 0.722. The molecule has 0 heterocycles. The van der Waals surface area contributed by atoms with Crippen LogP contribution < -0.4 is 10.6 Å². The van der Waals surface area contributed by atoms with Crippen LogP contribution in [0.2, 0.25) is 0 Å². The number of thiocarbonyl (C=S) groups is 1. The molecule has 0 saturated carbocycles. The molecular formula is C19H24N2S. The standard InChI is InChI=1S/C19H24N2S/c1-5-16-6-8-17(9-7-16)15(4)20-19(22)21-18-11-13(2)10-14(3)12-18/h6-12,15H,5H2,1-4H3,(H2,20,21,22). The van der Waals surface area contributed by atoms with Crippen LogP contribution in [0.5, 0.6) is 0 Å². The Balaban J connectivity index is 1.98. The molecule has 2 aromatic carbocycles. The molecule has 0 radical (unpaired) electrons. The van der Waals surface area contributed by atoms with Crippen molar-refractivity contribution in [2.75, 3.05) is 5.32 Å². The molecule has 0 fully saturated rings. The molecule has 0 bridgehead atoms. The molecular weight excluding hydrogens is 288 g/mol. The van der Waals surface area contributed by atoms with Crippen LogP contribution >= 0.6 is 12.2 Å². The second-order valence-electron chi connectivity index (χ2n) is 5.79. The first-order valence-corrected chi connectivity index (χ1v) is 8.13. The van der Waals surface area contributed by atoms with E-state index in [-0.39, 0.29) is 6.04 Å². The van der Waals surface area contributed by atoms with Crippen LogP contribution in [0.1, 0.15) is 42.1 Å². The molecule has 3 heteroatoms. The molecule has 116 valence electrons. The molecule has 0 aliphatic heterocycles. The van der Waals surface area contributed by atoms with Crippen molar-refractivity contribution in [1.29, 1.82) is 0 Å². The van der Waals surface area contributed by atoms with Crippen LogP contribution in [-0.2, 0) is 6.42 Å². The number of anilines is 1. The van der Waals surface area contributed by atoms with Gasteiger partial charge in [-0.15, -0.1) is 0 Å². The number of nitrogens with one attached hydrogen (secondary N) is 2. The van der Waals surface area contributed by atoms with Crippen molar-refractivity contribution in [3.63, 3.8) is 0 Å². The summed E-state index contributed by atoms with van der Waals surface area (Å²) in [5, 5.41) is 7.26. The summed E-state index contributed by atoms with van der Waals surface area (Å²) >= 11 is 5.43. The fourth-order valence-electron chi connectivity index (χ4n) is 2.54. The van der Waals surface area contributed by atoms with Gasteiger partial charge >= 0.3 is 0 Å². The maximum absolute atomic E-state index is 5.43. The van der Waals surface area contributed by atoms with Gasteiger partial charge in [0.15, 0.2) is 5.11 Å². The number of rotatable bonds is 4. The van der Waals surface area contributed by atoms with E-state index in [1.54, 1.807) is 0 Å². The summed E-state index contributed by atoms with van der Waals surface area (Å²) < 4.78 is 0. The van der Waals surface area contributed by atoms with Crippen molar-refractivity contribution >= 4 is 23.0 Å². The highest BCUT2D eigenvalue weighted by molar-refractivity contribution is 7.80. The van der Waals surface area contributed by atoms with Crippen molar-refractivity contribution in [3.8, 4) is 0 Å². The molecule has 0 aliphatic rings. The van der Waals surface area contributed by atoms with Crippen molar-refractivity contribution in [2.24, 2.45) is 0 Å². The SMILES string of the molecule is CCc1ccc(C(C)NC(=S)Nc2cc(C)cc(C)c2)cc1. The highest BCUT2D eigenvalue weighted by Crippen LogP contribution is 2.16. The highest BCUT2D eigenvalue weighted by Gasteiger charge is 2.07. The number of hydrogen-bond acceptors (Lipinski definition) is 1. The van der Waals surface area contributed by atoms with Gasteiger partial charge in [-0.2, -0.15) is 0 Å². The second kappa shape index (κ2) is 7.41. The number of benzene rings is 2. The summed E-state index contributed by atoms with van der Waals surface area (Å²) in [5.74, 6) is 0. The zero-order valence-electron chi connectivity index (χ0n) is 13.7.